The van der Waals surface area contributed by atoms with E-state index in [0.717, 1.165) is 16.9 Å². The molecule has 0 heterocycles. The SMILES string of the molecule is CC(C)Cc1ccc(C(C)(F)Sc2ccccc2)cc1. The molecule has 2 heteroatoms. The van der Waals surface area contributed by atoms with E-state index in [1.165, 1.54) is 17.3 Å². The standard InChI is InChI=1S/C18H21FS/c1-14(2)13-15-9-11-16(12-10-15)18(3,19)20-17-7-5-4-6-8-17/h4-12,14H,13H2,1-3H3. The monoisotopic (exact) mass is 288 g/mol. The Balaban J connectivity index is 2.13. The number of hydrogen-bond donors (Lipinski definition) is 0. The van der Waals surface area contributed by atoms with Crippen molar-refractivity contribution in [3.63, 3.8) is 0 Å². The normalized spacial score (nSPS) is 14.2. The van der Waals surface area contributed by atoms with Gasteiger partial charge in [-0.15, -0.1) is 0 Å². The van der Waals surface area contributed by atoms with Gasteiger partial charge in [0.05, 0.1) is 0 Å². The number of rotatable bonds is 5. The minimum absolute atomic E-state index is 0.622. The fraction of sp³-hybridized carbons (Fsp3) is 0.333. The van der Waals surface area contributed by atoms with E-state index in [4.69, 9.17) is 0 Å². The van der Waals surface area contributed by atoms with Crippen molar-refractivity contribution in [3.05, 3.63) is 65.7 Å². The molecular weight excluding hydrogens is 267 g/mol. The quantitative estimate of drug-likeness (QED) is 0.625. The van der Waals surface area contributed by atoms with Gasteiger partial charge in [-0.3, -0.25) is 0 Å². The van der Waals surface area contributed by atoms with Crippen LogP contribution >= 0.6 is 11.8 Å². The third kappa shape index (κ3) is 4.11. The summed E-state index contributed by atoms with van der Waals surface area (Å²) >= 11 is 1.25. The minimum atomic E-state index is -1.41. The molecule has 0 fully saturated rings. The summed E-state index contributed by atoms with van der Waals surface area (Å²) in [6.45, 7) is 6.01. The molecule has 2 aromatic rings. The molecule has 1 unspecified atom stereocenters. The van der Waals surface area contributed by atoms with E-state index >= 15 is 0 Å². The van der Waals surface area contributed by atoms with E-state index in [2.05, 4.69) is 13.8 Å². The fourth-order valence-corrected chi connectivity index (χ4v) is 3.17. The van der Waals surface area contributed by atoms with Crippen LogP contribution in [0.5, 0.6) is 0 Å². The van der Waals surface area contributed by atoms with E-state index in [1.807, 2.05) is 54.6 Å². The molecule has 0 saturated carbocycles. The van der Waals surface area contributed by atoms with Gasteiger partial charge in [0, 0.05) is 4.90 Å². The van der Waals surface area contributed by atoms with Gasteiger partial charge in [0.25, 0.3) is 0 Å². The first kappa shape index (κ1) is 15.1. The molecule has 0 aromatic heterocycles. The van der Waals surface area contributed by atoms with Gasteiger partial charge in [-0.25, -0.2) is 4.39 Å². The van der Waals surface area contributed by atoms with Crippen LogP contribution in [0, 0.1) is 5.92 Å². The van der Waals surface area contributed by atoms with Crippen molar-refractivity contribution in [2.75, 3.05) is 0 Å². The predicted molar refractivity (Wildman–Crippen MR) is 85.7 cm³/mol. The summed E-state index contributed by atoms with van der Waals surface area (Å²) in [7, 11) is 0. The molecule has 0 aliphatic carbocycles. The molecule has 0 aliphatic rings. The van der Waals surface area contributed by atoms with Crippen molar-refractivity contribution in [3.8, 4) is 0 Å². The zero-order valence-corrected chi connectivity index (χ0v) is 13.1. The topological polar surface area (TPSA) is 0 Å². The Morgan fingerprint density at radius 2 is 1.60 bits per heavy atom. The molecule has 0 N–H and O–H groups in total. The van der Waals surface area contributed by atoms with Crippen LogP contribution in [-0.2, 0) is 11.4 Å². The van der Waals surface area contributed by atoms with Gasteiger partial charge in [0.2, 0.25) is 0 Å². The molecule has 0 radical (unpaired) electrons. The lowest BCUT2D eigenvalue weighted by molar-refractivity contribution is 0.325. The lowest BCUT2D eigenvalue weighted by Crippen LogP contribution is -2.09. The molecular formula is C18H21FS. The Bertz CT molecular complexity index is 529. The van der Waals surface area contributed by atoms with Crippen molar-refractivity contribution in [1.29, 1.82) is 0 Å². The summed E-state index contributed by atoms with van der Waals surface area (Å²) in [6.07, 6.45) is 1.04. The molecule has 1 atom stereocenters. The van der Waals surface area contributed by atoms with Crippen LogP contribution in [-0.4, -0.2) is 0 Å². The zero-order valence-electron chi connectivity index (χ0n) is 12.3. The first-order valence-electron chi connectivity index (χ1n) is 7.00. The largest absolute Gasteiger partial charge is 0.227 e. The lowest BCUT2D eigenvalue weighted by atomic mass is 10.0. The van der Waals surface area contributed by atoms with E-state index in [1.54, 1.807) is 6.92 Å². The van der Waals surface area contributed by atoms with Gasteiger partial charge < -0.3 is 0 Å². The van der Waals surface area contributed by atoms with Crippen molar-refractivity contribution >= 4 is 11.8 Å². The van der Waals surface area contributed by atoms with Crippen LogP contribution < -0.4 is 0 Å². The summed E-state index contributed by atoms with van der Waals surface area (Å²) in [5.74, 6) is 0.622. The van der Waals surface area contributed by atoms with Gasteiger partial charge in [0.15, 0.2) is 5.00 Å². The second kappa shape index (κ2) is 6.45. The van der Waals surface area contributed by atoms with E-state index < -0.39 is 5.00 Å². The van der Waals surface area contributed by atoms with E-state index in [-0.39, 0.29) is 0 Å². The summed E-state index contributed by atoms with van der Waals surface area (Å²) < 4.78 is 14.9. The zero-order chi connectivity index (χ0) is 14.6. The molecule has 2 rings (SSSR count). The third-order valence-corrected chi connectivity index (χ3v) is 4.29. The highest BCUT2D eigenvalue weighted by Crippen LogP contribution is 2.42. The molecule has 0 amide bonds. The molecule has 0 spiro atoms. The summed E-state index contributed by atoms with van der Waals surface area (Å²) in [6, 6.07) is 17.6. The Hall–Kier alpha value is -1.28. The highest BCUT2D eigenvalue weighted by Gasteiger charge is 2.27. The minimum Gasteiger partial charge on any atom is -0.227 e. The van der Waals surface area contributed by atoms with Crippen LogP contribution in [0.3, 0.4) is 0 Å². The Morgan fingerprint density at radius 3 is 2.15 bits per heavy atom. The average Bonchev–Trinajstić information content (AvgIpc) is 2.39. The van der Waals surface area contributed by atoms with E-state index in [0.29, 0.717) is 5.92 Å². The third-order valence-electron chi connectivity index (χ3n) is 3.17. The smallest absolute Gasteiger partial charge is 0.183 e. The first-order valence-corrected chi connectivity index (χ1v) is 7.81. The second-order valence-corrected chi connectivity index (χ2v) is 7.07. The summed E-state index contributed by atoms with van der Waals surface area (Å²) in [5, 5.41) is -1.41. The summed E-state index contributed by atoms with van der Waals surface area (Å²) in [4.78, 5) is 0.948. The highest BCUT2D eigenvalue weighted by molar-refractivity contribution is 8.00. The predicted octanol–water partition coefficient (Wildman–Crippen LogP) is 5.82. The van der Waals surface area contributed by atoms with Crippen molar-refractivity contribution in [2.24, 2.45) is 5.92 Å². The van der Waals surface area contributed by atoms with E-state index in [9.17, 15) is 4.39 Å². The number of hydrogen-bond acceptors (Lipinski definition) is 1. The van der Waals surface area contributed by atoms with Crippen LogP contribution in [0.15, 0.2) is 59.5 Å². The first-order chi connectivity index (χ1) is 9.47. The molecule has 2 aromatic carbocycles. The number of halogens is 1. The molecule has 0 bridgehead atoms. The Morgan fingerprint density at radius 1 is 1.00 bits per heavy atom. The van der Waals surface area contributed by atoms with Gasteiger partial charge in [-0.1, -0.05) is 68.1 Å². The van der Waals surface area contributed by atoms with Crippen molar-refractivity contribution < 1.29 is 4.39 Å². The fourth-order valence-electron chi connectivity index (χ4n) is 2.18. The number of thioether (sulfide) groups is 1. The van der Waals surface area contributed by atoms with Gasteiger partial charge in [-0.05, 0) is 42.5 Å². The van der Waals surface area contributed by atoms with Crippen LogP contribution in [0.4, 0.5) is 4.39 Å². The average molecular weight is 288 g/mol. The van der Waals surface area contributed by atoms with Gasteiger partial charge in [-0.2, -0.15) is 0 Å². The van der Waals surface area contributed by atoms with Crippen LogP contribution in [0.2, 0.25) is 0 Å². The Labute approximate surface area is 125 Å². The summed E-state index contributed by atoms with van der Waals surface area (Å²) in [5.41, 5.74) is 1.99. The van der Waals surface area contributed by atoms with Crippen LogP contribution in [0.1, 0.15) is 31.9 Å². The highest BCUT2D eigenvalue weighted by atomic mass is 32.2. The van der Waals surface area contributed by atoms with Gasteiger partial charge >= 0.3 is 0 Å². The maximum absolute atomic E-state index is 14.9. The van der Waals surface area contributed by atoms with Crippen molar-refractivity contribution in [2.45, 2.75) is 37.1 Å². The molecule has 0 nitrogen and oxygen atoms in total. The second-order valence-electron chi connectivity index (χ2n) is 5.63. The maximum Gasteiger partial charge on any atom is 0.183 e. The molecule has 106 valence electrons. The van der Waals surface area contributed by atoms with Crippen LogP contribution in [0.25, 0.3) is 0 Å². The Kier molecular flexibility index (Phi) is 4.87. The maximum atomic E-state index is 14.9. The lowest BCUT2D eigenvalue weighted by Gasteiger charge is -2.20. The number of alkyl halides is 1. The molecule has 0 saturated heterocycles. The molecule has 20 heavy (non-hydrogen) atoms. The van der Waals surface area contributed by atoms with Gasteiger partial charge in [0.1, 0.15) is 0 Å². The number of benzene rings is 2. The molecule has 0 aliphatic heterocycles. The van der Waals surface area contributed by atoms with Crippen molar-refractivity contribution in [1.82, 2.24) is 0 Å².